The molecule has 1 aliphatic carbocycles. The van der Waals surface area contributed by atoms with Crippen LogP contribution in [0.1, 0.15) is 37.3 Å². The van der Waals surface area contributed by atoms with Gasteiger partial charge in [-0.2, -0.15) is 5.10 Å². The molecule has 5 heteroatoms. The molecule has 3 aromatic rings. The highest BCUT2D eigenvalue weighted by Crippen LogP contribution is 2.43. The third kappa shape index (κ3) is 3.36. The Balaban J connectivity index is 1.85. The fourth-order valence-corrected chi connectivity index (χ4v) is 4.48. The van der Waals surface area contributed by atoms with Crippen molar-refractivity contribution >= 4 is 34.1 Å². The molecule has 0 spiro atoms. The second kappa shape index (κ2) is 7.22. The quantitative estimate of drug-likeness (QED) is 0.582. The van der Waals surface area contributed by atoms with Crippen LogP contribution in [0.15, 0.2) is 36.4 Å². The summed E-state index contributed by atoms with van der Waals surface area (Å²) in [7, 11) is 2.04. The average Bonchev–Trinajstić information content (AvgIpc) is 3.34. The van der Waals surface area contributed by atoms with Gasteiger partial charge >= 0.3 is 0 Å². The van der Waals surface area contributed by atoms with E-state index in [1.165, 1.54) is 30.3 Å². The van der Waals surface area contributed by atoms with Crippen LogP contribution in [0.2, 0.25) is 10.0 Å². The van der Waals surface area contributed by atoms with Crippen LogP contribution >= 0.6 is 23.2 Å². The van der Waals surface area contributed by atoms with E-state index in [4.69, 9.17) is 34.0 Å². The second-order valence-corrected chi connectivity index (χ2v) is 8.13. The van der Waals surface area contributed by atoms with Crippen molar-refractivity contribution in [1.82, 2.24) is 9.78 Å². The first-order valence-corrected chi connectivity index (χ1v) is 9.95. The van der Waals surface area contributed by atoms with Gasteiger partial charge < -0.3 is 5.73 Å². The Hall–Kier alpha value is -1.55. The van der Waals surface area contributed by atoms with Crippen LogP contribution in [0, 0.1) is 5.92 Å². The van der Waals surface area contributed by atoms with E-state index in [0.29, 0.717) is 22.5 Å². The first kappa shape index (κ1) is 17.8. The molecular weight excluding hydrogens is 365 g/mol. The molecule has 136 valence electrons. The number of halogens is 2. The Morgan fingerprint density at radius 1 is 1.19 bits per heavy atom. The van der Waals surface area contributed by atoms with Crippen LogP contribution in [0.4, 0.5) is 0 Å². The Morgan fingerprint density at radius 3 is 2.69 bits per heavy atom. The van der Waals surface area contributed by atoms with Gasteiger partial charge in [-0.25, -0.2) is 0 Å². The Labute approximate surface area is 164 Å². The Morgan fingerprint density at radius 2 is 2.00 bits per heavy atom. The zero-order valence-corrected chi connectivity index (χ0v) is 16.4. The summed E-state index contributed by atoms with van der Waals surface area (Å²) in [5.74, 6) is 1.31. The SMILES string of the molecule is Cn1nc2c(-c3ccc(Cl)cc3Cl)cccc2c1C(CCN)CC1CC1. The second-order valence-electron chi connectivity index (χ2n) is 7.29. The van der Waals surface area contributed by atoms with Crippen molar-refractivity contribution in [3.05, 3.63) is 52.1 Å². The number of rotatable bonds is 6. The smallest absolute Gasteiger partial charge is 0.100 e. The van der Waals surface area contributed by atoms with Gasteiger partial charge in [0.15, 0.2) is 0 Å². The van der Waals surface area contributed by atoms with Crippen molar-refractivity contribution in [2.45, 2.75) is 31.6 Å². The molecule has 1 aromatic heterocycles. The minimum atomic E-state index is 0.457. The molecule has 1 heterocycles. The van der Waals surface area contributed by atoms with Crippen LogP contribution in [0.5, 0.6) is 0 Å². The summed E-state index contributed by atoms with van der Waals surface area (Å²) in [6.45, 7) is 0.701. The molecule has 2 N–H and O–H groups in total. The zero-order chi connectivity index (χ0) is 18.3. The standard InChI is InChI=1S/C21H23Cl2N3/c1-26-21(14(9-10-24)11-13-5-6-13)18-4-2-3-17(20(18)25-26)16-8-7-15(22)12-19(16)23/h2-4,7-8,12-14H,5-6,9-11,24H2,1H3. The molecule has 0 saturated heterocycles. The molecule has 0 aliphatic heterocycles. The van der Waals surface area contributed by atoms with Gasteiger partial charge in [-0.05, 0) is 37.4 Å². The van der Waals surface area contributed by atoms with Gasteiger partial charge in [-0.15, -0.1) is 0 Å². The van der Waals surface area contributed by atoms with Crippen LogP contribution in [0.25, 0.3) is 22.0 Å². The molecule has 1 unspecified atom stereocenters. The van der Waals surface area contributed by atoms with Crippen molar-refractivity contribution in [3.63, 3.8) is 0 Å². The number of nitrogens with zero attached hydrogens (tertiary/aromatic N) is 2. The molecule has 3 nitrogen and oxygen atoms in total. The number of hydrogen-bond acceptors (Lipinski definition) is 2. The normalized spacial score (nSPS) is 15.5. The molecule has 4 rings (SSSR count). The van der Waals surface area contributed by atoms with E-state index in [9.17, 15) is 0 Å². The first-order valence-electron chi connectivity index (χ1n) is 9.19. The van der Waals surface area contributed by atoms with Gasteiger partial charge in [0.2, 0.25) is 0 Å². The van der Waals surface area contributed by atoms with Crippen LogP contribution in [-0.2, 0) is 7.05 Å². The number of hydrogen-bond donors (Lipinski definition) is 1. The monoisotopic (exact) mass is 387 g/mol. The molecule has 0 radical (unpaired) electrons. The summed E-state index contributed by atoms with van der Waals surface area (Å²) in [4.78, 5) is 0. The lowest BCUT2D eigenvalue weighted by Crippen LogP contribution is -2.12. The van der Waals surface area contributed by atoms with E-state index in [2.05, 4.69) is 18.2 Å². The number of fused-ring (bicyclic) bond motifs is 1. The molecule has 26 heavy (non-hydrogen) atoms. The van der Waals surface area contributed by atoms with Gasteiger partial charge in [0.1, 0.15) is 5.52 Å². The molecule has 1 aliphatic rings. The van der Waals surface area contributed by atoms with Gasteiger partial charge in [0, 0.05) is 45.2 Å². The Kier molecular flexibility index (Phi) is 4.96. The maximum absolute atomic E-state index is 6.46. The predicted molar refractivity (Wildman–Crippen MR) is 110 cm³/mol. The Bertz CT molecular complexity index is 944. The van der Waals surface area contributed by atoms with E-state index in [0.717, 1.165) is 29.0 Å². The maximum atomic E-state index is 6.46. The van der Waals surface area contributed by atoms with Crippen molar-refractivity contribution in [2.24, 2.45) is 18.7 Å². The number of benzene rings is 2. The van der Waals surface area contributed by atoms with E-state index in [1.807, 2.05) is 23.9 Å². The van der Waals surface area contributed by atoms with Crippen LogP contribution in [-0.4, -0.2) is 16.3 Å². The third-order valence-electron chi connectivity index (χ3n) is 5.35. The summed E-state index contributed by atoms with van der Waals surface area (Å²) in [5.41, 5.74) is 10.2. The van der Waals surface area contributed by atoms with E-state index in [-0.39, 0.29) is 0 Å². The summed E-state index contributed by atoms with van der Waals surface area (Å²) >= 11 is 12.5. The number of aryl methyl sites for hydroxylation is 1. The fraction of sp³-hybridized carbons (Fsp3) is 0.381. The van der Waals surface area contributed by atoms with Gasteiger partial charge in [-0.1, -0.05) is 60.3 Å². The highest BCUT2D eigenvalue weighted by molar-refractivity contribution is 6.36. The number of nitrogens with two attached hydrogens (primary N) is 1. The largest absolute Gasteiger partial charge is 0.330 e. The molecule has 1 fully saturated rings. The lowest BCUT2D eigenvalue weighted by molar-refractivity contribution is 0.511. The van der Waals surface area contributed by atoms with E-state index < -0.39 is 0 Å². The van der Waals surface area contributed by atoms with E-state index in [1.54, 1.807) is 6.07 Å². The highest BCUT2D eigenvalue weighted by Gasteiger charge is 2.29. The minimum absolute atomic E-state index is 0.457. The summed E-state index contributed by atoms with van der Waals surface area (Å²) in [6.07, 6.45) is 4.90. The first-order chi connectivity index (χ1) is 12.6. The van der Waals surface area contributed by atoms with Gasteiger partial charge in [-0.3, -0.25) is 4.68 Å². The molecule has 1 saturated carbocycles. The summed E-state index contributed by atoms with van der Waals surface area (Å²) < 4.78 is 2.04. The molecule has 0 amide bonds. The van der Waals surface area contributed by atoms with E-state index >= 15 is 0 Å². The number of aromatic nitrogens is 2. The third-order valence-corrected chi connectivity index (χ3v) is 5.90. The maximum Gasteiger partial charge on any atom is 0.100 e. The molecule has 1 atom stereocenters. The lowest BCUT2D eigenvalue weighted by atomic mass is 9.91. The molecule has 2 aromatic carbocycles. The van der Waals surface area contributed by atoms with Crippen molar-refractivity contribution in [3.8, 4) is 11.1 Å². The summed E-state index contributed by atoms with van der Waals surface area (Å²) in [5, 5.41) is 7.36. The predicted octanol–water partition coefficient (Wildman–Crippen LogP) is 5.78. The average molecular weight is 388 g/mol. The van der Waals surface area contributed by atoms with Crippen molar-refractivity contribution in [1.29, 1.82) is 0 Å². The zero-order valence-electron chi connectivity index (χ0n) is 14.9. The lowest BCUT2D eigenvalue weighted by Gasteiger charge is -2.17. The van der Waals surface area contributed by atoms with Gasteiger partial charge in [0.25, 0.3) is 0 Å². The van der Waals surface area contributed by atoms with Gasteiger partial charge in [0.05, 0.1) is 0 Å². The van der Waals surface area contributed by atoms with Crippen LogP contribution in [0.3, 0.4) is 0 Å². The summed E-state index contributed by atoms with van der Waals surface area (Å²) in [6, 6.07) is 12.0. The minimum Gasteiger partial charge on any atom is -0.330 e. The molecule has 0 bridgehead atoms. The highest BCUT2D eigenvalue weighted by atomic mass is 35.5. The van der Waals surface area contributed by atoms with Crippen LogP contribution < -0.4 is 5.73 Å². The van der Waals surface area contributed by atoms with Crippen molar-refractivity contribution < 1.29 is 0 Å². The fourth-order valence-electron chi connectivity index (χ4n) is 3.97. The van der Waals surface area contributed by atoms with Crippen molar-refractivity contribution in [2.75, 3.05) is 6.54 Å². The topological polar surface area (TPSA) is 43.8 Å². The molecular formula is C21H23Cl2N3.